The second kappa shape index (κ2) is 13.3. The zero-order valence-corrected chi connectivity index (χ0v) is 19.5. The maximum atomic E-state index is 12.1. The molecule has 178 valence electrons. The lowest BCUT2D eigenvalue weighted by Gasteiger charge is -2.10. The van der Waals surface area contributed by atoms with E-state index in [9.17, 15) is 19.2 Å². The fourth-order valence-electron chi connectivity index (χ4n) is 2.39. The van der Waals surface area contributed by atoms with Crippen LogP contribution >= 0.6 is 11.8 Å². The number of nitrogens with one attached hydrogen (secondary N) is 2. The lowest BCUT2D eigenvalue weighted by molar-refractivity contribution is -0.144. The fourth-order valence-corrected chi connectivity index (χ4v) is 3.07. The Morgan fingerprint density at radius 1 is 1.12 bits per heavy atom. The van der Waals surface area contributed by atoms with Crippen molar-refractivity contribution in [2.45, 2.75) is 38.9 Å². The molecule has 0 saturated heterocycles. The van der Waals surface area contributed by atoms with Crippen LogP contribution in [-0.4, -0.2) is 53.1 Å². The third kappa shape index (κ3) is 9.36. The maximum absolute atomic E-state index is 12.1. The van der Waals surface area contributed by atoms with Gasteiger partial charge in [-0.15, -0.1) is 11.8 Å². The quantitative estimate of drug-likeness (QED) is 0.349. The van der Waals surface area contributed by atoms with Gasteiger partial charge in [0.2, 0.25) is 5.91 Å². The average Bonchev–Trinajstić information content (AvgIpc) is 3.20. The van der Waals surface area contributed by atoms with Gasteiger partial charge in [0.15, 0.2) is 12.4 Å². The number of benzene rings is 1. The second-order valence-corrected chi connectivity index (χ2v) is 8.37. The van der Waals surface area contributed by atoms with Gasteiger partial charge in [0.25, 0.3) is 5.91 Å². The number of thioether (sulfide) groups is 1. The number of hydrogen-bond donors (Lipinski definition) is 2. The Bertz CT molecular complexity index is 959. The number of hydrogen-bond acceptors (Lipinski definition) is 9. The molecule has 2 rings (SSSR count). The molecule has 1 atom stereocenters. The number of anilines is 2. The number of nitrogens with zero attached hydrogens (tertiary/aromatic N) is 1. The number of aryl methyl sites for hydroxylation is 1. The van der Waals surface area contributed by atoms with Gasteiger partial charge in [0.1, 0.15) is 5.76 Å². The van der Waals surface area contributed by atoms with Crippen molar-refractivity contribution in [3.8, 4) is 0 Å². The van der Waals surface area contributed by atoms with Crippen molar-refractivity contribution >= 4 is 47.0 Å². The fraction of sp³-hybridized carbons (Fsp3) is 0.409. The molecule has 2 amide bonds. The van der Waals surface area contributed by atoms with Crippen molar-refractivity contribution < 1.29 is 33.2 Å². The molecule has 1 aromatic heterocycles. The van der Waals surface area contributed by atoms with E-state index in [0.717, 1.165) is 24.6 Å². The zero-order valence-electron chi connectivity index (χ0n) is 18.7. The average molecular weight is 478 g/mol. The smallest absolute Gasteiger partial charge is 0.338 e. The number of unbranched alkanes of at least 4 members (excludes halogenated alkanes) is 1. The van der Waals surface area contributed by atoms with Crippen molar-refractivity contribution in [1.29, 1.82) is 0 Å². The molecule has 2 N–H and O–H groups in total. The van der Waals surface area contributed by atoms with E-state index in [1.54, 1.807) is 44.2 Å². The molecule has 0 aliphatic rings. The van der Waals surface area contributed by atoms with Crippen molar-refractivity contribution in [2.24, 2.45) is 0 Å². The molecule has 0 fully saturated rings. The van der Waals surface area contributed by atoms with Gasteiger partial charge >= 0.3 is 11.9 Å². The first kappa shape index (κ1) is 25.9. The van der Waals surface area contributed by atoms with E-state index in [4.69, 9.17) is 14.0 Å². The SMILES string of the molecule is CCCCOC(=O)c1ccc(NC(=O)COC(=O)CS[C@@H](C)C(=O)Nc2cc(C)on2)cc1. The highest BCUT2D eigenvalue weighted by molar-refractivity contribution is 8.01. The van der Waals surface area contributed by atoms with Crippen LogP contribution in [0.2, 0.25) is 0 Å². The summed E-state index contributed by atoms with van der Waals surface area (Å²) in [6.45, 7) is 5.23. The molecule has 0 radical (unpaired) electrons. The van der Waals surface area contributed by atoms with Crippen molar-refractivity contribution in [1.82, 2.24) is 5.16 Å². The van der Waals surface area contributed by atoms with Crippen molar-refractivity contribution in [3.05, 3.63) is 41.7 Å². The minimum Gasteiger partial charge on any atom is -0.462 e. The highest BCUT2D eigenvalue weighted by atomic mass is 32.2. The predicted octanol–water partition coefficient (Wildman–Crippen LogP) is 3.18. The summed E-state index contributed by atoms with van der Waals surface area (Å²) in [7, 11) is 0. The van der Waals surface area contributed by atoms with Crippen LogP contribution in [0.15, 0.2) is 34.9 Å². The number of amides is 2. The zero-order chi connectivity index (χ0) is 24.2. The van der Waals surface area contributed by atoms with Crippen LogP contribution in [-0.2, 0) is 23.9 Å². The van der Waals surface area contributed by atoms with Gasteiger partial charge < -0.3 is 24.6 Å². The van der Waals surface area contributed by atoms with Gasteiger partial charge in [-0.1, -0.05) is 18.5 Å². The van der Waals surface area contributed by atoms with E-state index in [2.05, 4.69) is 15.8 Å². The number of ether oxygens (including phenoxy) is 2. The third-order valence-corrected chi connectivity index (χ3v) is 5.32. The lowest BCUT2D eigenvalue weighted by Crippen LogP contribution is -2.25. The van der Waals surface area contributed by atoms with Crippen LogP contribution in [0.4, 0.5) is 11.5 Å². The van der Waals surface area contributed by atoms with Gasteiger partial charge in [0.05, 0.1) is 23.2 Å². The largest absolute Gasteiger partial charge is 0.462 e. The maximum Gasteiger partial charge on any atom is 0.338 e. The van der Waals surface area contributed by atoms with Gasteiger partial charge in [-0.25, -0.2) is 4.79 Å². The Labute approximate surface area is 195 Å². The van der Waals surface area contributed by atoms with E-state index in [-0.39, 0.29) is 11.7 Å². The first-order chi connectivity index (χ1) is 15.8. The van der Waals surface area contributed by atoms with Gasteiger partial charge in [-0.3, -0.25) is 14.4 Å². The summed E-state index contributed by atoms with van der Waals surface area (Å²) < 4.78 is 14.9. The second-order valence-electron chi connectivity index (χ2n) is 7.04. The first-order valence-electron chi connectivity index (χ1n) is 10.4. The minimum absolute atomic E-state index is 0.103. The molecule has 0 unspecified atom stereocenters. The summed E-state index contributed by atoms with van der Waals surface area (Å²) in [5.74, 6) is -1.16. The number of rotatable bonds is 12. The van der Waals surface area contributed by atoms with Crippen LogP contribution in [0.5, 0.6) is 0 Å². The monoisotopic (exact) mass is 477 g/mol. The van der Waals surface area contributed by atoms with Crippen LogP contribution in [0, 0.1) is 6.92 Å². The van der Waals surface area contributed by atoms with Gasteiger partial charge in [0, 0.05) is 11.8 Å². The molecule has 0 spiro atoms. The van der Waals surface area contributed by atoms with Crippen LogP contribution in [0.3, 0.4) is 0 Å². The summed E-state index contributed by atoms with van der Waals surface area (Å²) in [6.07, 6.45) is 1.73. The molecule has 1 heterocycles. The summed E-state index contributed by atoms with van der Waals surface area (Å²) in [6, 6.07) is 7.78. The minimum atomic E-state index is -0.628. The summed E-state index contributed by atoms with van der Waals surface area (Å²) in [5, 5.41) is 8.27. The Hall–Kier alpha value is -3.34. The summed E-state index contributed by atoms with van der Waals surface area (Å²) in [5.41, 5.74) is 0.827. The Morgan fingerprint density at radius 3 is 2.48 bits per heavy atom. The molecular formula is C22H27N3O7S. The molecule has 33 heavy (non-hydrogen) atoms. The first-order valence-corrected chi connectivity index (χ1v) is 11.4. The lowest BCUT2D eigenvalue weighted by atomic mass is 10.2. The normalized spacial score (nSPS) is 11.4. The van der Waals surface area contributed by atoms with E-state index in [1.807, 2.05) is 6.92 Å². The highest BCUT2D eigenvalue weighted by Crippen LogP contribution is 2.15. The molecule has 2 aromatic rings. The summed E-state index contributed by atoms with van der Waals surface area (Å²) in [4.78, 5) is 47.8. The predicted molar refractivity (Wildman–Crippen MR) is 123 cm³/mol. The molecule has 0 aliphatic carbocycles. The molecule has 11 heteroatoms. The van der Waals surface area contributed by atoms with Crippen molar-refractivity contribution in [2.75, 3.05) is 29.6 Å². The molecule has 0 aliphatic heterocycles. The highest BCUT2D eigenvalue weighted by Gasteiger charge is 2.18. The molecule has 0 saturated carbocycles. The standard InChI is InChI=1S/C22H27N3O7S/c1-4-5-10-30-22(29)16-6-8-17(9-7-16)23-19(26)12-31-20(27)13-33-15(3)21(28)24-18-11-14(2)32-25-18/h6-9,11,15H,4-5,10,12-13H2,1-3H3,(H,23,26)(H,24,25,28)/t15-/m0/s1. The summed E-state index contributed by atoms with van der Waals surface area (Å²) >= 11 is 1.07. The Balaban J connectivity index is 1.67. The van der Waals surface area contributed by atoms with Crippen LogP contribution in [0.1, 0.15) is 42.8 Å². The number of esters is 2. The number of carbonyl (C=O) groups is 4. The van der Waals surface area contributed by atoms with E-state index >= 15 is 0 Å². The Kier molecular flexibility index (Phi) is 10.4. The van der Waals surface area contributed by atoms with E-state index in [1.165, 1.54) is 0 Å². The molecule has 1 aromatic carbocycles. The van der Waals surface area contributed by atoms with Crippen molar-refractivity contribution in [3.63, 3.8) is 0 Å². The molecular weight excluding hydrogens is 450 g/mol. The number of carbonyl (C=O) groups excluding carboxylic acids is 4. The van der Waals surface area contributed by atoms with Crippen LogP contribution < -0.4 is 10.6 Å². The molecule has 0 bridgehead atoms. The Morgan fingerprint density at radius 2 is 1.85 bits per heavy atom. The van der Waals surface area contributed by atoms with Gasteiger partial charge in [-0.05, 0) is 44.5 Å². The van der Waals surface area contributed by atoms with E-state index < -0.39 is 29.7 Å². The van der Waals surface area contributed by atoms with Crippen LogP contribution in [0.25, 0.3) is 0 Å². The topological polar surface area (TPSA) is 137 Å². The third-order valence-electron chi connectivity index (χ3n) is 4.20. The number of aromatic nitrogens is 1. The van der Waals surface area contributed by atoms with E-state index in [0.29, 0.717) is 29.4 Å². The molecule has 10 nitrogen and oxygen atoms in total. The van der Waals surface area contributed by atoms with Gasteiger partial charge in [-0.2, -0.15) is 0 Å².